The number of ether oxygens (including phenoxy) is 1. The van der Waals surface area contributed by atoms with Crippen molar-refractivity contribution in [3.63, 3.8) is 0 Å². The van der Waals surface area contributed by atoms with Crippen LogP contribution >= 0.6 is 11.8 Å². The van der Waals surface area contributed by atoms with Gasteiger partial charge < -0.3 is 14.6 Å². The molecule has 0 radical (unpaired) electrons. The fourth-order valence-corrected chi connectivity index (χ4v) is 3.57. The number of rotatable bonds is 7. The Kier molecular flexibility index (Phi) is 5.12. The maximum Gasteiger partial charge on any atom is 0.191 e. The number of nitrogens with one attached hydrogen (secondary N) is 1. The molecule has 1 fully saturated rings. The average Bonchev–Trinajstić information content (AvgIpc) is 3.22. The summed E-state index contributed by atoms with van der Waals surface area (Å²) in [5.41, 5.74) is 1.17. The number of thioether (sulfide) groups is 1. The van der Waals surface area contributed by atoms with Gasteiger partial charge in [-0.3, -0.25) is 4.68 Å². The summed E-state index contributed by atoms with van der Waals surface area (Å²) in [7, 11) is 3.88. The zero-order valence-corrected chi connectivity index (χ0v) is 13.8. The molecule has 1 unspecified atom stereocenters. The van der Waals surface area contributed by atoms with Crippen molar-refractivity contribution < 1.29 is 4.74 Å². The molecule has 3 heterocycles. The van der Waals surface area contributed by atoms with Gasteiger partial charge in [-0.1, -0.05) is 11.8 Å². The molecule has 0 aliphatic carbocycles. The molecular weight excluding hydrogens is 300 g/mol. The highest BCUT2D eigenvalue weighted by Crippen LogP contribution is 2.24. The number of hydrogen-bond donors (Lipinski definition) is 1. The second-order valence-corrected chi connectivity index (χ2v) is 6.35. The van der Waals surface area contributed by atoms with Crippen LogP contribution < -0.4 is 5.32 Å². The Labute approximate surface area is 134 Å². The molecule has 0 bridgehead atoms. The van der Waals surface area contributed by atoms with Crippen molar-refractivity contribution in [1.29, 1.82) is 0 Å². The zero-order chi connectivity index (χ0) is 15.4. The quantitative estimate of drug-likeness (QED) is 0.773. The van der Waals surface area contributed by atoms with Crippen LogP contribution in [0.2, 0.25) is 0 Å². The highest BCUT2D eigenvalue weighted by molar-refractivity contribution is 7.98. The van der Waals surface area contributed by atoms with E-state index in [1.54, 1.807) is 11.8 Å². The molecule has 7 nitrogen and oxygen atoms in total. The second kappa shape index (κ2) is 7.26. The van der Waals surface area contributed by atoms with Gasteiger partial charge in [0.15, 0.2) is 5.16 Å². The Morgan fingerprint density at radius 2 is 2.36 bits per heavy atom. The maximum absolute atomic E-state index is 5.76. The minimum atomic E-state index is 0.280. The summed E-state index contributed by atoms with van der Waals surface area (Å²) in [4.78, 5) is 0. The van der Waals surface area contributed by atoms with Gasteiger partial charge in [0.25, 0.3) is 0 Å². The van der Waals surface area contributed by atoms with Crippen LogP contribution in [0.15, 0.2) is 17.4 Å². The van der Waals surface area contributed by atoms with E-state index in [4.69, 9.17) is 4.74 Å². The highest BCUT2D eigenvalue weighted by atomic mass is 32.2. The molecule has 0 amide bonds. The smallest absolute Gasteiger partial charge is 0.191 e. The van der Waals surface area contributed by atoms with Crippen LogP contribution in [0.25, 0.3) is 0 Å². The predicted molar refractivity (Wildman–Crippen MR) is 84.5 cm³/mol. The molecule has 0 spiro atoms. The number of aromatic nitrogens is 5. The topological polar surface area (TPSA) is 69.8 Å². The molecule has 3 rings (SSSR count). The van der Waals surface area contributed by atoms with E-state index in [9.17, 15) is 0 Å². The summed E-state index contributed by atoms with van der Waals surface area (Å²) in [5.74, 6) is 1.80. The summed E-state index contributed by atoms with van der Waals surface area (Å²) in [6.45, 7) is 2.41. The van der Waals surface area contributed by atoms with Gasteiger partial charge in [-0.25, -0.2) is 0 Å². The molecule has 1 aliphatic rings. The third-order valence-corrected chi connectivity index (χ3v) is 4.81. The first-order valence-electron chi connectivity index (χ1n) is 7.56. The van der Waals surface area contributed by atoms with Crippen LogP contribution in [-0.4, -0.2) is 44.3 Å². The van der Waals surface area contributed by atoms with Crippen molar-refractivity contribution >= 4 is 11.8 Å². The first kappa shape index (κ1) is 15.5. The van der Waals surface area contributed by atoms with Crippen LogP contribution in [0, 0.1) is 0 Å². The van der Waals surface area contributed by atoms with Crippen LogP contribution in [0.4, 0.5) is 0 Å². The monoisotopic (exact) mass is 322 g/mol. The lowest BCUT2D eigenvalue weighted by molar-refractivity contribution is 0.0941. The van der Waals surface area contributed by atoms with Crippen LogP contribution in [-0.2, 0) is 30.6 Å². The molecule has 120 valence electrons. The molecule has 22 heavy (non-hydrogen) atoms. The lowest BCUT2D eigenvalue weighted by Gasteiger charge is -2.14. The SMILES string of the molecule is CNCc1nnc(SCc2ccnn2C)n1CC1CCCO1. The number of nitrogens with zero attached hydrogens (tertiary/aromatic N) is 5. The summed E-state index contributed by atoms with van der Waals surface area (Å²) in [6, 6.07) is 2.03. The van der Waals surface area contributed by atoms with Crippen molar-refractivity contribution in [1.82, 2.24) is 29.9 Å². The first-order valence-corrected chi connectivity index (χ1v) is 8.54. The molecule has 1 atom stereocenters. The zero-order valence-electron chi connectivity index (χ0n) is 13.0. The fourth-order valence-electron chi connectivity index (χ4n) is 2.57. The van der Waals surface area contributed by atoms with Crippen molar-refractivity contribution in [2.24, 2.45) is 7.05 Å². The van der Waals surface area contributed by atoms with E-state index < -0.39 is 0 Å². The molecule has 8 heteroatoms. The molecule has 0 saturated carbocycles. The van der Waals surface area contributed by atoms with Gasteiger partial charge in [-0.15, -0.1) is 10.2 Å². The Bertz CT molecular complexity index is 604. The van der Waals surface area contributed by atoms with Gasteiger partial charge in [-0.05, 0) is 26.0 Å². The molecule has 2 aromatic heterocycles. The number of hydrogen-bond acceptors (Lipinski definition) is 6. The van der Waals surface area contributed by atoms with Crippen molar-refractivity contribution in [3.05, 3.63) is 23.8 Å². The third-order valence-electron chi connectivity index (χ3n) is 3.81. The summed E-state index contributed by atoms with van der Waals surface area (Å²) in [5, 5.41) is 17.0. The summed E-state index contributed by atoms with van der Waals surface area (Å²) in [6.07, 6.45) is 4.36. The van der Waals surface area contributed by atoms with E-state index in [0.717, 1.165) is 42.7 Å². The Balaban J connectivity index is 1.72. The van der Waals surface area contributed by atoms with E-state index in [0.29, 0.717) is 6.54 Å². The Morgan fingerprint density at radius 3 is 3.05 bits per heavy atom. The molecule has 1 N–H and O–H groups in total. The molecular formula is C14H22N6OS. The maximum atomic E-state index is 5.76. The lowest BCUT2D eigenvalue weighted by atomic mass is 10.2. The largest absolute Gasteiger partial charge is 0.376 e. The molecule has 0 aromatic carbocycles. The average molecular weight is 322 g/mol. The van der Waals surface area contributed by atoms with E-state index >= 15 is 0 Å². The third kappa shape index (κ3) is 3.50. The Hall–Kier alpha value is -1.38. The van der Waals surface area contributed by atoms with Gasteiger partial charge in [0.1, 0.15) is 5.82 Å². The van der Waals surface area contributed by atoms with E-state index in [1.807, 2.05) is 31.0 Å². The van der Waals surface area contributed by atoms with E-state index in [-0.39, 0.29) is 6.10 Å². The van der Waals surface area contributed by atoms with Gasteiger partial charge >= 0.3 is 0 Å². The van der Waals surface area contributed by atoms with Crippen molar-refractivity contribution in [3.8, 4) is 0 Å². The van der Waals surface area contributed by atoms with E-state index in [1.165, 1.54) is 5.69 Å². The lowest BCUT2D eigenvalue weighted by Crippen LogP contribution is -2.20. The predicted octanol–water partition coefficient (Wildman–Crippen LogP) is 1.20. The van der Waals surface area contributed by atoms with E-state index in [2.05, 4.69) is 25.2 Å². The fraction of sp³-hybridized carbons (Fsp3) is 0.643. The second-order valence-electron chi connectivity index (χ2n) is 5.41. The van der Waals surface area contributed by atoms with Crippen molar-refractivity contribution in [2.75, 3.05) is 13.7 Å². The summed E-state index contributed by atoms with van der Waals surface area (Å²) < 4.78 is 9.84. The van der Waals surface area contributed by atoms with Gasteiger partial charge in [0.2, 0.25) is 0 Å². The highest BCUT2D eigenvalue weighted by Gasteiger charge is 2.20. The summed E-state index contributed by atoms with van der Waals surface area (Å²) >= 11 is 1.69. The first-order chi connectivity index (χ1) is 10.8. The Morgan fingerprint density at radius 1 is 1.45 bits per heavy atom. The van der Waals surface area contributed by atoms with Gasteiger partial charge in [0.05, 0.1) is 19.2 Å². The molecule has 2 aromatic rings. The molecule has 1 saturated heterocycles. The van der Waals surface area contributed by atoms with Crippen molar-refractivity contribution in [2.45, 2.75) is 42.9 Å². The van der Waals surface area contributed by atoms with Crippen LogP contribution in [0.5, 0.6) is 0 Å². The van der Waals surface area contributed by atoms with Gasteiger partial charge in [-0.2, -0.15) is 5.10 Å². The van der Waals surface area contributed by atoms with Crippen LogP contribution in [0.1, 0.15) is 24.4 Å². The minimum absolute atomic E-state index is 0.280. The number of aryl methyl sites for hydroxylation is 1. The molecule has 1 aliphatic heterocycles. The standard InChI is InChI=1S/C14H22N6OS/c1-15-8-13-17-18-14(20(13)9-12-4-3-7-21-12)22-10-11-5-6-16-19(11)2/h5-6,12,15H,3-4,7-10H2,1-2H3. The van der Waals surface area contributed by atoms with Crippen LogP contribution in [0.3, 0.4) is 0 Å². The normalized spacial score (nSPS) is 18.2. The minimum Gasteiger partial charge on any atom is -0.376 e. The van der Waals surface area contributed by atoms with Gasteiger partial charge in [0, 0.05) is 31.3 Å².